The van der Waals surface area contributed by atoms with Gasteiger partial charge in [0.15, 0.2) is 5.78 Å². The fourth-order valence-electron chi connectivity index (χ4n) is 1.21. The van der Waals surface area contributed by atoms with Crippen molar-refractivity contribution < 1.29 is 18.0 Å². The second kappa shape index (κ2) is 3.99. The van der Waals surface area contributed by atoms with Gasteiger partial charge in [0.2, 0.25) is 0 Å². The molecule has 0 saturated carbocycles. The van der Waals surface area contributed by atoms with Gasteiger partial charge in [0, 0.05) is 14.8 Å². The second-order valence-electron chi connectivity index (χ2n) is 2.98. The summed E-state index contributed by atoms with van der Waals surface area (Å²) in [4.78, 5) is 11.1. The van der Waals surface area contributed by atoms with Crippen molar-refractivity contribution in [2.75, 3.05) is 5.73 Å². The van der Waals surface area contributed by atoms with Crippen molar-refractivity contribution in [2.24, 2.45) is 0 Å². The number of carbonyl (C=O) groups excluding carboxylic acids is 1. The van der Waals surface area contributed by atoms with Gasteiger partial charge in [-0.15, -0.1) is 0 Å². The van der Waals surface area contributed by atoms with Crippen LogP contribution in [0.25, 0.3) is 0 Å². The van der Waals surface area contributed by atoms with Gasteiger partial charge in [-0.3, -0.25) is 4.79 Å². The molecule has 0 aliphatic heterocycles. The molecule has 0 unspecified atom stereocenters. The number of ketones is 1. The molecular weight excluding hydrogens is 322 g/mol. The van der Waals surface area contributed by atoms with Gasteiger partial charge in [-0.05, 0) is 41.6 Å². The van der Waals surface area contributed by atoms with Crippen LogP contribution < -0.4 is 5.73 Å². The number of Topliss-reactive ketones (excluding diaryl/α,β-unsaturated/α-hetero) is 1. The van der Waals surface area contributed by atoms with Crippen LogP contribution in [0.4, 0.5) is 18.9 Å². The van der Waals surface area contributed by atoms with Crippen LogP contribution in [0.2, 0.25) is 0 Å². The summed E-state index contributed by atoms with van der Waals surface area (Å²) >= 11 is 1.67. The van der Waals surface area contributed by atoms with Crippen molar-refractivity contribution in [2.45, 2.75) is 13.1 Å². The number of alkyl halides is 3. The first-order valence-electron chi connectivity index (χ1n) is 3.90. The number of nitrogens with two attached hydrogens (primary N) is 1. The molecule has 2 N–H and O–H groups in total. The molecule has 82 valence electrons. The highest BCUT2D eigenvalue weighted by Gasteiger charge is 2.35. The fourth-order valence-corrected chi connectivity index (χ4v) is 2.24. The van der Waals surface area contributed by atoms with Crippen LogP contribution in [0, 0.1) is 3.57 Å². The van der Waals surface area contributed by atoms with Gasteiger partial charge >= 0.3 is 6.18 Å². The van der Waals surface area contributed by atoms with E-state index in [0.29, 0.717) is 0 Å². The molecule has 2 nitrogen and oxygen atoms in total. The Hall–Kier alpha value is -0.790. The van der Waals surface area contributed by atoms with Crippen LogP contribution in [0.1, 0.15) is 22.8 Å². The van der Waals surface area contributed by atoms with Crippen LogP contribution in [0.5, 0.6) is 0 Å². The third-order valence-electron chi connectivity index (χ3n) is 1.77. The lowest BCUT2D eigenvalue weighted by molar-refractivity contribution is -0.137. The topological polar surface area (TPSA) is 43.1 Å². The fraction of sp³-hybridized carbons (Fsp3) is 0.222. The van der Waals surface area contributed by atoms with E-state index in [0.717, 1.165) is 13.0 Å². The number of benzene rings is 1. The van der Waals surface area contributed by atoms with Gasteiger partial charge in [-0.1, -0.05) is 0 Å². The maximum atomic E-state index is 12.6. The summed E-state index contributed by atoms with van der Waals surface area (Å²) in [5, 5.41) is 0. The Morgan fingerprint density at radius 3 is 2.33 bits per heavy atom. The summed E-state index contributed by atoms with van der Waals surface area (Å²) in [5.41, 5.74) is 4.01. The van der Waals surface area contributed by atoms with Crippen molar-refractivity contribution in [3.8, 4) is 0 Å². The van der Waals surface area contributed by atoms with Crippen molar-refractivity contribution in [1.82, 2.24) is 0 Å². The minimum Gasteiger partial charge on any atom is -0.399 e. The van der Waals surface area contributed by atoms with Crippen LogP contribution in [0.15, 0.2) is 12.1 Å². The Balaban J connectivity index is 3.54. The standard InChI is InChI=1S/C9H7F3INO/c1-4(15)8-6(9(10,11)12)2-5(14)3-7(8)13/h2-3H,14H2,1H3. The monoisotopic (exact) mass is 329 g/mol. The normalized spacial score (nSPS) is 11.5. The summed E-state index contributed by atoms with van der Waals surface area (Å²) < 4.78 is 37.9. The molecule has 0 bridgehead atoms. The average molecular weight is 329 g/mol. The first-order valence-corrected chi connectivity index (χ1v) is 4.98. The second-order valence-corrected chi connectivity index (χ2v) is 4.14. The highest BCUT2D eigenvalue weighted by molar-refractivity contribution is 14.1. The summed E-state index contributed by atoms with van der Waals surface area (Å²) in [7, 11) is 0. The predicted molar refractivity (Wildman–Crippen MR) is 58.6 cm³/mol. The Bertz CT molecular complexity index is 415. The summed E-state index contributed by atoms with van der Waals surface area (Å²) in [6.45, 7) is 1.10. The van der Waals surface area contributed by atoms with Gasteiger partial charge in [-0.25, -0.2) is 0 Å². The molecule has 0 spiro atoms. The molecule has 0 radical (unpaired) electrons. The van der Waals surface area contributed by atoms with Gasteiger partial charge in [0.25, 0.3) is 0 Å². The molecule has 0 heterocycles. The Kier molecular flexibility index (Phi) is 3.27. The zero-order chi connectivity index (χ0) is 11.8. The number of halogens is 4. The average Bonchev–Trinajstić information content (AvgIpc) is 1.99. The highest BCUT2D eigenvalue weighted by Crippen LogP contribution is 2.35. The molecule has 0 aliphatic carbocycles. The number of nitrogen functional groups attached to an aromatic ring is 1. The van der Waals surface area contributed by atoms with E-state index in [1.165, 1.54) is 6.07 Å². The van der Waals surface area contributed by atoms with Gasteiger partial charge in [0.1, 0.15) is 0 Å². The van der Waals surface area contributed by atoms with Gasteiger partial charge in [0.05, 0.1) is 5.56 Å². The summed E-state index contributed by atoms with van der Waals surface area (Å²) in [6.07, 6.45) is -4.56. The first-order chi connectivity index (χ1) is 6.73. The SMILES string of the molecule is CC(=O)c1c(I)cc(N)cc1C(F)(F)F. The van der Waals surface area contributed by atoms with E-state index < -0.39 is 17.5 Å². The Morgan fingerprint density at radius 2 is 1.93 bits per heavy atom. The lowest BCUT2D eigenvalue weighted by Gasteiger charge is -2.13. The first kappa shape index (κ1) is 12.3. The number of hydrogen-bond donors (Lipinski definition) is 1. The van der Waals surface area contributed by atoms with Crippen molar-refractivity contribution in [3.63, 3.8) is 0 Å². The lowest BCUT2D eigenvalue weighted by atomic mass is 10.0. The smallest absolute Gasteiger partial charge is 0.399 e. The number of carbonyl (C=O) groups is 1. The molecule has 0 aromatic heterocycles. The number of hydrogen-bond acceptors (Lipinski definition) is 2. The molecule has 0 atom stereocenters. The third kappa shape index (κ3) is 2.61. The Labute approximate surface area is 97.8 Å². The summed E-state index contributed by atoms with van der Waals surface area (Å²) in [5.74, 6) is -0.619. The van der Waals surface area contributed by atoms with E-state index in [9.17, 15) is 18.0 Å². The molecule has 15 heavy (non-hydrogen) atoms. The van der Waals surface area contributed by atoms with E-state index in [-0.39, 0.29) is 14.8 Å². The lowest BCUT2D eigenvalue weighted by Crippen LogP contribution is -2.14. The van der Waals surface area contributed by atoms with Crippen molar-refractivity contribution >= 4 is 34.1 Å². The molecular formula is C9H7F3INO. The zero-order valence-corrected chi connectivity index (χ0v) is 9.81. The van der Waals surface area contributed by atoms with E-state index >= 15 is 0 Å². The summed E-state index contributed by atoms with van der Waals surface area (Å²) in [6, 6.07) is 2.12. The molecule has 1 aromatic rings. The third-order valence-corrected chi connectivity index (χ3v) is 2.62. The van der Waals surface area contributed by atoms with Gasteiger partial charge < -0.3 is 5.73 Å². The van der Waals surface area contributed by atoms with Crippen LogP contribution in [0.3, 0.4) is 0 Å². The molecule has 0 fully saturated rings. The van der Waals surface area contributed by atoms with Crippen LogP contribution >= 0.6 is 22.6 Å². The number of rotatable bonds is 1. The van der Waals surface area contributed by atoms with E-state index in [1.54, 1.807) is 22.6 Å². The maximum absolute atomic E-state index is 12.6. The largest absolute Gasteiger partial charge is 0.417 e. The molecule has 1 rings (SSSR count). The van der Waals surface area contributed by atoms with Crippen LogP contribution in [-0.2, 0) is 6.18 Å². The highest BCUT2D eigenvalue weighted by atomic mass is 127. The van der Waals surface area contributed by atoms with E-state index in [1.807, 2.05) is 0 Å². The zero-order valence-electron chi connectivity index (χ0n) is 7.65. The number of anilines is 1. The maximum Gasteiger partial charge on any atom is 0.417 e. The van der Waals surface area contributed by atoms with E-state index in [4.69, 9.17) is 5.73 Å². The van der Waals surface area contributed by atoms with E-state index in [2.05, 4.69) is 0 Å². The molecule has 0 aliphatic rings. The minimum absolute atomic E-state index is 0.00303. The molecule has 1 aromatic carbocycles. The molecule has 0 saturated heterocycles. The van der Waals surface area contributed by atoms with Crippen molar-refractivity contribution in [1.29, 1.82) is 0 Å². The molecule has 0 amide bonds. The predicted octanol–water partition coefficient (Wildman–Crippen LogP) is 3.09. The minimum atomic E-state index is -4.56. The van der Waals surface area contributed by atoms with Crippen LogP contribution in [-0.4, -0.2) is 5.78 Å². The van der Waals surface area contributed by atoms with Gasteiger partial charge in [-0.2, -0.15) is 13.2 Å². The quantitative estimate of drug-likeness (QED) is 0.489. The van der Waals surface area contributed by atoms with Crippen molar-refractivity contribution in [3.05, 3.63) is 26.8 Å². The molecule has 6 heteroatoms. The Morgan fingerprint density at radius 1 is 1.40 bits per heavy atom.